The van der Waals surface area contributed by atoms with Crippen molar-refractivity contribution in [1.29, 1.82) is 0 Å². The maximum atomic E-state index is 12.4. The van der Waals surface area contributed by atoms with Gasteiger partial charge >= 0.3 is 0 Å². The largest absolute Gasteiger partial charge is 0.372 e. The molecule has 3 rings (SSSR count). The summed E-state index contributed by atoms with van der Waals surface area (Å²) in [5.74, 6) is -0.466. The SMILES string of the molecule is C[C@@H]1CN(c2ccnc(C(=O)NCC(=O)NC3CCCCC3)c2)C[C@H](C)O1. The van der Waals surface area contributed by atoms with E-state index in [4.69, 9.17) is 4.74 Å². The first kappa shape index (κ1) is 19.6. The fourth-order valence-electron chi connectivity index (χ4n) is 3.91. The van der Waals surface area contributed by atoms with E-state index < -0.39 is 0 Å². The van der Waals surface area contributed by atoms with Crippen LogP contribution in [0.2, 0.25) is 0 Å². The fraction of sp³-hybridized carbons (Fsp3) is 0.650. The minimum atomic E-state index is -0.329. The van der Waals surface area contributed by atoms with Gasteiger partial charge < -0.3 is 20.3 Å². The Morgan fingerprint density at radius 1 is 1.19 bits per heavy atom. The molecule has 2 atom stereocenters. The molecule has 1 aromatic heterocycles. The Hall–Kier alpha value is -2.15. The Bertz CT molecular complexity index is 650. The van der Waals surface area contributed by atoms with Gasteiger partial charge in [-0.2, -0.15) is 0 Å². The summed E-state index contributed by atoms with van der Waals surface area (Å²) in [4.78, 5) is 30.8. The first-order chi connectivity index (χ1) is 13.0. The lowest BCUT2D eigenvalue weighted by molar-refractivity contribution is -0.121. The number of rotatable bonds is 5. The van der Waals surface area contributed by atoms with Gasteiger partial charge in [-0.1, -0.05) is 19.3 Å². The van der Waals surface area contributed by atoms with E-state index in [0.717, 1.165) is 44.5 Å². The highest BCUT2D eigenvalue weighted by Crippen LogP contribution is 2.20. The van der Waals surface area contributed by atoms with Crippen LogP contribution < -0.4 is 15.5 Å². The van der Waals surface area contributed by atoms with Gasteiger partial charge in [0.25, 0.3) is 5.91 Å². The number of anilines is 1. The predicted molar refractivity (Wildman–Crippen MR) is 104 cm³/mol. The lowest BCUT2D eigenvalue weighted by Gasteiger charge is -2.36. The molecule has 0 radical (unpaired) electrons. The summed E-state index contributed by atoms with van der Waals surface area (Å²) in [5.41, 5.74) is 1.27. The molecule has 1 saturated carbocycles. The number of carbonyl (C=O) groups excluding carboxylic acids is 2. The van der Waals surface area contributed by atoms with Crippen molar-refractivity contribution in [1.82, 2.24) is 15.6 Å². The van der Waals surface area contributed by atoms with Gasteiger partial charge in [0.05, 0.1) is 18.8 Å². The number of nitrogens with zero attached hydrogens (tertiary/aromatic N) is 2. The molecule has 1 aliphatic carbocycles. The minimum absolute atomic E-state index is 0.0210. The van der Waals surface area contributed by atoms with Crippen LogP contribution in [0.25, 0.3) is 0 Å². The number of nitrogens with one attached hydrogen (secondary N) is 2. The number of hydrogen-bond donors (Lipinski definition) is 2. The molecule has 7 heteroatoms. The molecule has 1 aromatic rings. The third-order valence-corrected chi connectivity index (χ3v) is 5.14. The molecule has 148 valence electrons. The molecular weight excluding hydrogens is 344 g/mol. The van der Waals surface area contributed by atoms with Gasteiger partial charge in [-0.3, -0.25) is 14.6 Å². The molecule has 1 saturated heterocycles. The minimum Gasteiger partial charge on any atom is -0.372 e. The van der Waals surface area contributed by atoms with Gasteiger partial charge in [-0.15, -0.1) is 0 Å². The second kappa shape index (κ2) is 9.17. The van der Waals surface area contributed by atoms with Crippen LogP contribution in [0.3, 0.4) is 0 Å². The fourth-order valence-corrected chi connectivity index (χ4v) is 3.91. The lowest BCUT2D eigenvalue weighted by atomic mass is 9.95. The third kappa shape index (κ3) is 5.66. The van der Waals surface area contributed by atoms with Crippen molar-refractivity contribution in [3.05, 3.63) is 24.0 Å². The summed E-state index contributed by atoms with van der Waals surface area (Å²) in [6, 6.07) is 3.92. The first-order valence-electron chi connectivity index (χ1n) is 9.95. The van der Waals surface area contributed by atoms with Crippen LogP contribution in [0.1, 0.15) is 56.4 Å². The summed E-state index contributed by atoms with van der Waals surface area (Å²) < 4.78 is 5.76. The van der Waals surface area contributed by atoms with Crippen molar-refractivity contribution in [2.75, 3.05) is 24.5 Å². The molecule has 2 N–H and O–H groups in total. The van der Waals surface area contributed by atoms with Crippen molar-refractivity contribution in [3.63, 3.8) is 0 Å². The molecule has 0 unspecified atom stereocenters. The first-order valence-corrected chi connectivity index (χ1v) is 9.95. The van der Waals surface area contributed by atoms with Crippen LogP contribution in [0.15, 0.2) is 18.3 Å². The van der Waals surface area contributed by atoms with E-state index in [2.05, 4.69) is 20.5 Å². The Morgan fingerprint density at radius 2 is 1.89 bits per heavy atom. The van der Waals surface area contributed by atoms with Crippen LogP contribution in [0.5, 0.6) is 0 Å². The van der Waals surface area contributed by atoms with Gasteiger partial charge in [-0.25, -0.2) is 0 Å². The van der Waals surface area contributed by atoms with Crippen molar-refractivity contribution < 1.29 is 14.3 Å². The zero-order valence-corrected chi connectivity index (χ0v) is 16.2. The summed E-state index contributed by atoms with van der Waals surface area (Å²) in [7, 11) is 0. The molecule has 2 fully saturated rings. The zero-order chi connectivity index (χ0) is 19.2. The normalized spacial score (nSPS) is 23.7. The van der Waals surface area contributed by atoms with Crippen molar-refractivity contribution in [3.8, 4) is 0 Å². The van der Waals surface area contributed by atoms with E-state index in [1.165, 1.54) is 6.42 Å². The van der Waals surface area contributed by atoms with Gasteiger partial charge in [0.1, 0.15) is 5.69 Å². The molecule has 2 aliphatic rings. The predicted octanol–water partition coefficient (Wildman–Crippen LogP) is 1.87. The number of hydrogen-bond acceptors (Lipinski definition) is 5. The second-order valence-corrected chi connectivity index (χ2v) is 7.65. The molecule has 7 nitrogen and oxygen atoms in total. The molecule has 0 bridgehead atoms. The number of amides is 2. The summed E-state index contributed by atoms with van der Waals surface area (Å²) >= 11 is 0. The summed E-state index contributed by atoms with van der Waals surface area (Å²) in [6.45, 7) is 5.62. The average Bonchev–Trinajstić information content (AvgIpc) is 2.66. The Kier molecular flexibility index (Phi) is 6.66. The quantitative estimate of drug-likeness (QED) is 0.822. The molecule has 0 spiro atoms. The number of aromatic nitrogens is 1. The highest BCUT2D eigenvalue weighted by Gasteiger charge is 2.23. The van der Waals surface area contributed by atoms with Crippen LogP contribution in [-0.4, -0.2) is 54.7 Å². The van der Waals surface area contributed by atoms with Crippen molar-refractivity contribution in [2.24, 2.45) is 0 Å². The van der Waals surface area contributed by atoms with Gasteiger partial charge in [-0.05, 0) is 38.8 Å². The Balaban J connectivity index is 1.53. The molecule has 2 heterocycles. The molecule has 2 amide bonds. The lowest BCUT2D eigenvalue weighted by Crippen LogP contribution is -2.45. The van der Waals surface area contributed by atoms with E-state index in [9.17, 15) is 9.59 Å². The maximum absolute atomic E-state index is 12.4. The highest BCUT2D eigenvalue weighted by molar-refractivity contribution is 5.95. The zero-order valence-electron chi connectivity index (χ0n) is 16.2. The highest BCUT2D eigenvalue weighted by atomic mass is 16.5. The molecule has 1 aliphatic heterocycles. The average molecular weight is 374 g/mol. The number of pyridine rings is 1. The van der Waals surface area contributed by atoms with Gasteiger partial charge in [0.2, 0.25) is 5.91 Å². The van der Waals surface area contributed by atoms with Crippen molar-refractivity contribution >= 4 is 17.5 Å². The molecule has 27 heavy (non-hydrogen) atoms. The number of morpholine rings is 1. The van der Waals surface area contributed by atoms with Crippen LogP contribution in [-0.2, 0) is 9.53 Å². The summed E-state index contributed by atoms with van der Waals surface area (Å²) in [5, 5.41) is 5.68. The molecule has 0 aromatic carbocycles. The third-order valence-electron chi connectivity index (χ3n) is 5.14. The Labute approximate surface area is 160 Å². The molecular formula is C20H30N4O3. The number of carbonyl (C=O) groups is 2. The van der Waals surface area contributed by atoms with Crippen LogP contribution in [0.4, 0.5) is 5.69 Å². The Morgan fingerprint density at radius 3 is 2.59 bits per heavy atom. The van der Waals surface area contributed by atoms with Crippen LogP contribution in [0, 0.1) is 0 Å². The van der Waals surface area contributed by atoms with E-state index in [-0.39, 0.29) is 36.6 Å². The monoisotopic (exact) mass is 374 g/mol. The van der Waals surface area contributed by atoms with E-state index in [1.807, 2.05) is 19.9 Å². The van der Waals surface area contributed by atoms with Crippen LogP contribution >= 0.6 is 0 Å². The summed E-state index contributed by atoms with van der Waals surface area (Å²) in [6.07, 6.45) is 7.53. The van der Waals surface area contributed by atoms with E-state index >= 15 is 0 Å². The van der Waals surface area contributed by atoms with Gasteiger partial charge in [0, 0.05) is 31.0 Å². The second-order valence-electron chi connectivity index (χ2n) is 7.65. The standard InChI is InChI=1S/C20H30N4O3/c1-14-12-24(13-15(2)27-14)17-8-9-21-18(10-17)20(26)22-11-19(25)23-16-6-4-3-5-7-16/h8-10,14-16H,3-7,11-13H2,1-2H3,(H,22,26)(H,23,25)/t14-,15+. The van der Waals surface area contributed by atoms with Gasteiger partial charge in [0.15, 0.2) is 0 Å². The van der Waals surface area contributed by atoms with E-state index in [1.54, 1.807) is 12.3 Å². The maximum Gasteiger partial charge on any atom is 0.270 e. The van der Waals surface area contributed by atoms with E-state index in [0.29, 0.717) is 5.69 Å². The smallest absolute Gasteiger partial charge is 0.270 e. The topological polar surface area (TPSA) is 83.6 Å². The van der Waals surface area contributed by atoms with Crippen molar-refractivity contribution in [2.45, 2.75) is 64.2 Å². The number of ether oxygens (including phenoxy) is 1.